The molecular formula is C20H37IO5Si. The maximum absolute atomic E-state index is 11.3. The number of aliphatic hydroxyl groups is 1. The first-order valence-corrected chi connectivity index (χ1v) is 14.3. The lowest BCUT2D eigenvalue weighted by Crippen LogP contribution is -2.43. The molecule has 0 aromatic carbocycles. The van der Waals surface area contributed by atoms with Crippen molar-refractivity contribution in [2.45, 2.75) is 93.2 Å². The van der Waals surface area contributed by atoms with Crippen molar-refractivity contribution >= 4 is 36.9 Å². The zero-order valence-corrected chi connectivity index (χ0v) is 20.8. The van der Waals surface area contributed by atoms with Gasteiger partial charge in [0.25, 0.3) is 0 Å². The summed E-state index contributed by atoms with van der Waals surface area (Å²) < 4.78 is 17.8. The number of ether oxygens (including phenoxy) is 2. The standard InChI is InChI=1S/C20H37IO5Si/c1-20(2,3)27(5,6)25-12-14-13-10-18(26-17(13)11-16(14)22)15(21)8-7-9-19(23)24-4/h13-18,22H,7-12H2,1-6H3/t13-,14-,15?,16-,17+,18?/m1/s1. The first kappa shape index (κ1) is 23.6. The van der Waals surface area contributed by atoms with Gasteiger partial charge in [0.1, 0.15) is 0 Å². The second-order valence-electron chi connectivity index (χ2n) is 9.64. The third-order valence-electron chi connectivity index (χ3n) is 6.78. The number of hydrogen-bond acceptors (Lipinski definition) is 5. The van der Waals surface area contributed by atoms with E-state index in [0.717, 1.165) is 25.7 Å². The van der Waals surface area contributed by atoms with E-state index in [0.29, 0.717) is 22.9 Å². The number of alkyl halides is 1. The summed E-state index contributed by atoms with van der Waals surface area (Å²) in [5.41, 5.74) is 0. The minimum atomic E-state index is -1.81. The maximum atomic E-state index is 11.3. The molecule has 27 heavy (non-hydrogen) atoms. The number of hydrogen-bond donors (Lipinski definition) is 1. The van der Waals surface area contributed by atoms with Gasteiger partial charge in [-0.05, 0) is 43.3 Å². The van der Waals surface area contributed by atoms with E-state index in [1.807, 2.05) is 0 Å². The van der Waals surface area contributed by atoms with Crippen LogP contribution in [-0.4, -0.2) is 55.3 Å². The molecule has 6 atom stereocenters. The predicted octanol–water partition coefficient (Wildman–Crippen LogP) is 4.31. The van der Waals surface area contributed by atoms with Gasteiger partial charge in [0, 0.05) is 29.3 Å². The monoisotopic (exact) mass is 512 g/mol. The highest BCUT2D eigenvalue weighted by molar-refractivity contribution is 14.1. The molecule has 0 aromatic heterocycles. The molecule has 5 nitrogen and oxygen atoms in total. The van der Waals surface area contributed by atoms with E-state index in [2.05, 4.69) is 56.5 Å². The summed E-state index contributed by atoms with van der Waals surface area (Å²) in [5.74, 6) is 0.411. The predicted molar refractivity (Wildman–Crippen MR) is 118 cm³/mol. The number of halogens is 1. The van der Waals surface area contributed by atoms with Crippen LogP contribution in [-0.2, 0) is 18.7 Å². The number of esters is 1. The van der Waals surface area contributed by atoms with Crippen LogP contribution in [0.1, 0.15) is 52.9 Å². The van der Waals surface area contributed by atoms with Gasteiger partial charge in [-0.2, -0.15) is 0 Å². The van der Waals surface area contributed by atoms with E-state index < -0.39 is 8.32 Å². The fourth-order valence-corrected chi connectivity index (χ4v) is 5.84. The quantitative estimate of drug-likeness (QED) is 0.227. The highest BCUT2D eigenvalue weighted by Crippen LogP contribution is 2.46. The van der Waals surface area contributed by atoms with Gasteiger partial charge >= 0.3 is 5.97 Å². The van der Waals surface area contributed by atoms with E-state index in [-0.39, 0.29) is 35.2 Å². The lowest BCUT2D eigenvalue weighted by atomic mass is 9.90. The van der Waals surface area contributed by atoms with Crippen molar-refractivity contribution in [1.29, 1.82) is 0 Å². The molecule has 2 rings (SSSR count). The van der Waals surface area contributed by atoms with Gasteiger partial charge in [-0.3, -0.25) is 4.79 Å². The van der Waals surface area contributed by atoms with Crippen molar-refractivity contribution < 1.29 is 23.8 Å². The summed E-state index contributed by atoms with van der Waals surface area (Å²) in [5, 5.41) is 10.7. The molecule has 2 unspecified atom stereocenters. The zero-order chi connectivity index (χ0) is 20.4. The van der Waals surface area contributed by atoms with Crippen molar-refractivity contribution in [1.82, 2.24) is 0 Å². The summed E-state index contributed by atoms with van der Waals surface area (Å²) in [6.07, 6.45) is 3.99. The average Bonchev–Trinajstić information content (AvgIpc) is 3.08. The van der Waals surface area contributed by atoms with Crippen molar-refractivity contribution in [3.05, 3.63) is 0 Å². The molecule has 0 amide bonds. The fourth-order valence-electron chi connectivity index (χ4n) is 3.90. The normalized spacial score (nSPS) is 32.4. The van der Waals surface area contributed by atoms with Crippen LogP contribution >= 0.6 is 22.6 Å². The van der Waals surface area contributed by atoms with Crippen LogP contribution in [0.3, 0.4) is 0 Å². The van der Waals surface area contributed by atoms with Crippen molar-refractivity contribution in [3.8, 4) is 0 Å². The van der Waals surface area contributed by atoms with Crippen molar-refractivity contribution in [2.75, 3.05) is 13.7 Å². The third-order valence-corrected chi connectivity index (χ3v) is 12.7. The SMILES string of the molecule is COC(=O)CCCC(I)C1C[C@@H]2[C@@H](CO[Si](C)(C)C(C)(C)C)[C@H](O)C[C@@H]2O1. The lowest BCUT2D eigenvalue weighted by molar-refractivity contribution is -0.140. The fraction of sp³-hybridized carbons (Fsp3) is 0.950. The highest BCUT2D eigenvalue weighted by Gasteiger charge is 2.51. The van der Waals surface area contributed by atoms with Gasteiger partial charge in [0.2, 0.25) is 0 Å². The molecule has 1 heterocycles. The number of carbonyl (C=O) groups is 1. The first-order chi connectivity index (χ1) is 12.5. The minimum Gasteiger partial charge on any atom is -0.469 e. The molecule has 0 bridgehead atoms. The molecule has 0 radical (unpaired) electrons. The molecule has 1 aliphatic heterocycles. The van der Waals surface area contributed by atoms with E-state index in [9.17, 15) is 9.90 Å². The van der Waals surface area contributed by atoms with Gasteiger partial charge in [-0.1, -0.05) is 43.4 Å². The van der Waals surface area contributed by atoms with Crippen LogP contribution in [0.2, 0.25) is 18.1 Å². The van der Waals surface area contributed by atoms with E-state index in [1.165, 1.54) is 7.11 Å². The van der Waals surface area contributed by atoms with E-state index >= 15 is 0 Å². The molecule has 0 aromatic rings. The zero-order valence-electron chi connectivity index (χ0n) is 17.7. The number of rotatable bonds is 8. The summed E-state index contributed by atoms with van der Waals surface area (Å²) in [6.45, 7) is 11.9. The van der Waals surface area contributed by atoms with Crippen LogP contribution in [0.5, 0.6) is 0 Å². The molecule has 2 aliphatic rings. The molecule has 158 valence electrons. The topological polar surface area (TPSA) is 65.0 Å². The Morgan fingerprint density at radius 1 is 1.33 bits per heavy atom. The van der Waals surface area contributed by atoms with E-state index in [1.54, 1.807) is 0 Å². The van der Waals surface area contributed by atoms with Gasteiger partial charge in [-0.15, -0.1) is 0 Å². The summed E-state index contributed by atoms with van der Waals surface area (Å²) >= 11 is 2.46. The Morgan fingerprint density at radius 3 is 2.59 bits per heavy atom. The first-order valence-electron chi connectivity index (χ1n) is 10.1. The Morgan fingerprint density at radius 2 is 2.00 bits per heavy atom. The molecule has 1 saturated carbocycles. The molecule has 1 saturated heterocycles. The number of carbonyl (C=O) groups excluding carboxylic acids is 1. The second-order valence-corrected chi connectivity index (χ2v) is 16.0. The van der Waals surface area contributed by atoms with Crippen LogP contribution in [0.25, 0.3) is 0 Å². The summed E-state index contributed by atoms with van der Waals surface area (Å²) in [4.78, 5) is 11.3. The van der Waals surface area contributed by atoms with Gasteiger partial charge in [0.05, 0.1) is 25.4 Å². The van der Waals surface area contributed by atoms with Gasteiger partial charge < -0.3 is 19.0 Å². The van der Waals surface area contributed by atoms with Gasteiger partial charge in [-0.25, -0.2) is 0 Å². The Balaban J connectivity index is 1.86. The van der Waals surface area contributed by atoms with Crippen molar-refractivity contribution in [3.63, 3.8) is 0 Å². The number of aliphatic hydroxyl groups excluding tert-OH is 1. The Bertz CT molecular complexity index is 507. The van der Waals surface area contributed by atoms with Gasteiger partial charge in [0.15, 0.2) is 8.32 Å². The smallest absolute Gasteiger partial charge is 0.305 e. The molecule has 1 N–H and O–H groups in total. The molecule has 7 heteroatoms. The molecular weight excluding hydrogens is 475 g/mol. The average molecular weight is 513 g/mol. The number of fused-ring (bicyclic) bond motifs is 1. The Hall–Kier alpha value is 0.297. The van der Waals surface area contributed by atoms with Crippen LogP contribution in [0, 0.1) is 11.8 Å². The summed E-state index contributed by atoms with van der Waals surface area (Å²) in [7, 11) is -0.381. The minimum absolute atomic E-state index is 0.145. The molecule has 0 spiro atoms. The Labute approximate surface area is 179 Å². The van der Waals surface area contributed by atoms with Crippen LogP contribution in [0.4, 0.5) is 0 Å². The van der Waals surface area contributed by atoms with Crippen LogP contribution in [0.15, 0.2) is 0 Å². The third kappa shape index (κ3) is 5.90. The molecule has 2 fully saturated rings. The van der Waals surface area contributed by atoms with Crippen molar-refractivity contribution in [2.24, 2.45) is 11.8 Å². The lowest BCUT2D eigenvalue weighted by Gasteiger charge is -2.37. The summed E-state index contributed by atoms with van der Waals surface area (Å²) in [6, 6.07) is 0. The second kappa shape index (κ2) is 9.41. The van der Waals surface area contributed by atoms with E-state index in [4.69, 9.17) is 13.9 Å². The largest absolute Gasteiger partial charge is 0.469 e. The Kier molecular flexibility index (Phi) is 8.21. The van der Waals surface area contributed by atoms with Crippen LogP contribution < -0.4 is 0 Å². The highest BCUT2D eigenvalue weighted by atomic mass is 127. The maximum Gasteiger partial charge on any atom is 0.305 e. The number of methoxy groups -OCH3 is 1. The molecule has 1 aliphatic carbocycles.